The molecule has 1 aliphatic carbocycles. The number of alkyl halides is 5. The average Bonchev–Trinajstić information content (AvgIpc) is 3.17. The lowest BCUT2D eigenvalue weighted by Crippen LogP contribution is -2.38. The van der Waals surface area contributed by atoms with E-state index in [1.165, 1.54) is 29.7 Å². The number of hydrogen-bond acceptors (Lipinski definition) is 6. The first kappa shape index (κ1) is 27.7. The van der Waals surface area contributed by atoms with Gasteiger partial charge in [0, 0.05) is 36.6 Å². The van der Waals surface area contributed by atoms with Crippen LogP contribution in [0.4, 0.5) is 22.0 Å². The minimum Gasteiger partial charge on any atom is -0.460 e. The van der Waals surface area contributed by atoms with E-state index in [1.807, 2.05) is 0 Å². The second kappa shape index (κ2) is 12.5. The second-order valence-corrected chi connectivity index (χ2v) is 10.7. The minimum atomic E-state index is -4.37. The molecule has 204 valence electrons. The Morgan fingerprint density at radius 3 is 2.68 bits per heavy atom. The summed E-state index contributed by atoms with van der Waals surface area (Å²) >= 11 is 1.21. The van der Waals surface area contributed by atoms with Gasteiger partial charge in [-0.3, -0.25) is 9.78 Å². The van der Waals surface area contributed by atoms with Gasteiger partial charge in [0.1, 0.15) is 5.69 Å². The normalized spacial score (nSPS) is 20.9. The molecule has 0 radical (unpaired) electrons. The predicted octanol–water partition coefficient (Wildman–Crippen LogP) is 5.59. The summed E-state index contributed by atoms with van der Waals surface area (Å²) in [6, 6.07) is 2.85. The van der Waals surface area contributed by atoms with Crippen molar-refractivity contribution < 1.29 is 31.5 Å². The lowest BCUT2D eigenvalue weighted by Gasteiger charge is -2.30. The molecule has 1 saturated carbocycles. The lowest BCUT2D eigenvalue weighted by molar-refractivity contribution is -0.153. The van der Waals surface area contributed by atoms with E-state index in [-0.39, 0.29) is 16.8 Å². The smallest absolute Gasteiger partial charge is 0.422 e. The molecule has 0 bridgehead atoms. The van der Waals surface area contributed by atoms with Crippen molar-refractivity contribution in [2.75, 3.05) is 26.2 Å². The van der Waals surface area contributed by atoms with Crippen LogP contribution in [-0.2, 0) is 12.8 Å². The second-order valence-electron chi connectivity index (χ2n) is 9.67. The highest BCUT2D eigenvalue weighted by molar-refractivity contribution is 7.13. The fourth-order valence-corrected chi connectivity index (χ4v) is 6.00. The standard InChI is InChI=1S/C25H31F5N4O2S/c26-22(27)21-18(4-1-11-31-21)23(35)32-17-7-5-16(6-8-17)3-2-12-34-13-9-19-20(10-14-34)37-24(33-19)36-15-25(28,29)30/h1,4,11,16-17,22H,2-3,5-10,12-15H2,(H,32,35)/t16-,17-. The van der Waals surface area contributed by atoms with Gasteiger partial charge in [-0.1, -0.05) is 11.3 Å². The first-order chi connectivity index (χ1) is 17.7. The van der Waals surface area contributed by atoms with E-state index in [9.17, 15) is 26.7 Å². The summed E-state index contributed by atoms with van der Waals surface area (Å²) in [5.74, 6) is 0.0850. The molecule has 0 unspecified atom stereocenters. The minimum absolute atomic E-state index is 0.0170. The van der Waals surface area contributed by atoms with Crippen LogP contribution in [0.15, 0.2) is 18.3 Å². The summed E-state index contributed by atoms with van der Waals surface area (Å²) < 4.78 is 68.2. The number of thiazole rings is 1. The van der Waals surface area contributed by atoms with E-state index in [2.05, 4.69) is 20.2 Å². The van der Waals surface area contributed by atoms with Crippen LogP contribution in [0.25, 0.3) is 0 Å². The fraction of sp³-hybridized carbons (Fsp3) is 0.640. The van der Waals surface area contributed by atoms with Crippen LogP contribution in [0.5, 0.6) is 5.19 Å². The highest BCUT2D eigenvalue weighted by Crippen LogP contribution is 2.31. The number of pyridine rings is 1. The van der Waals surface area contributed by atoms with Crippen LogP contribution in [0.1, 0.15) is 71.6 Å². The van der Waals surface area contributed by atoms with Crippen LogP contribution in [0, 0.1) is 5.92 Å². The van der Waals surface area contributed by atoms with Crippen molar-refractivity contribution >= 4 is 17.2 Å². The Bertz CT molecular complexity index is 1010. The molecule has 6 nitrogen and oxygen atoms in total. The number of aromatic nitrogens is 2. The third-order valence-corrected chi connectivity index (χ3v) is 8.07. The van der Waals surface area contributed by atoms with Gasteiger partial charge in [0.2, 0.25) is 0 Å². The fourth-order valence-electron chi connectivity index (χ4n) is 5.06. The number of rotatable bonds is 9. The predicted molar refractivity (Wildman–Crippen MR) is 129 cm³/mol. The molecule has 4 rings (SSSR count). The van der Waals surface area contributed by atoms with E-state index < -0.39 is 30.8 Å². The van der Waals surface area contributed by atoms with Crippen molar-refractivity contribution in [3.63, 3.8) is 0 Å². The van der Waals surface area contributed by atoms with Crippen LogP contribution in [0.3, 0.4) is 0 Å². The number of carbonyl (C=O) groups is 1. The van der Waals surface area contributed by atoms with Gasteiger partial charge < -0.3 is 15.0 Å². The Hall–Kier alpha value is -2.34. The molecule has 1 amide bonds. The molecule has 0 saturated heterocycles. The third kappa shape index (κ3) is 8.07. The topological polar surface area (TPSA) is 67.4 Å². The molecule has 1 N–H and O–H groups in total. The summed E-state index contributed by atoms with van der Waals surface area (Å²) in [7, 11) is 0. The number of nitrogens with one attached hydrogen (secondary N) is 1. The molecule has 0 aromatic carbocycles. The highest BCUT2D eigenvalue weighted by Gasteiger charge is 2.30. The molecule has 0 spiro atoms. The maximum atomic E-state index is 13.1. The number of ether oxygens (including phenoxy) is 1. The molecule has 2 aromatic rings. The molecule has 2 aliphatic rings. The lowest BCUT2D eigenvalue weighted by atomic mass is 9.83. The Morgan fingerprint density at radius 2 is 1.95 bits per heavy atom. The highest BCUT2D eigenvalue weighted by atomic mass is 32.1. The molecule has 12 heteroatoms. The van der Waals surface area contributed by atoms with Crippen molar-refractivity contribution in [1.29, 1.82) is 0 Å². The van der Waals surface area contributed by atoms with Crippen LogP contribution >= 0.6 is 11.3 Å². The van der Waals surface area contributed by atoms with Crippen molar-refractivity contribution in [1.82, 2.24) is 20.2 Å². The Morgan fingerprint density at radius 1 is 1.19 bits per heavy atom. The Kier molecular flexibility index (Phi) is 9.33. The van der Waals surface area contributed by atoms with Gasteiger partial charge in [-0.25, -0.2) is 13.8 Å². The van der Waals surface area contributed by atoms with Crippen molar-refractivity contribution in [3.05, 3.63) is 40.2 Å². The summed E-state index contributed by atoms with van der Waals surface area (Å²) in [5.41, 5.74) is 0.298. The van der Waals surface area contributed by atoms with Crippen molar-refractivity contribution in [3.8, 4) is 5.19 Å². The van der Waals surface area contributed by atoms with Gasteiger partial charge in [0.15, 0.2) is 6.61 Å². The molecule has 3 heterocycles. The quantitative estimate of drug-likeness (QED) is 0.416. The Labute approximate surface area is 216 Å². The van der Waals surface area contributed by atoms with Crippen LogP contribution in [0.2, 0.25) is 0 Å². The van der Waals surface area contributed by atoms with E-state index in [4.69, 9.17) is 4.74 Å². The van der Waals surface area contributed by atoms with E-state index >= 15 is 0 Å². The average molecular weight is 547 g/mol. The number of carbonyl (C=O) groups excluding carboxylic acids is 1. The maximum absolute atomic E-state index is 13.1. The number of fused-ring (bicyclic) bond motifs is 1. The van der Waals surface area contributed by atoms with E-state index in [1.54, 1.807) is 0 Å². The van der Waals surface area contributed by atoms with E-state index in [0.717, 1.165) is 75.2 Å². The van der Waals surface area contributed by atoms with Crippen LogP contribution in [-0.4, -0.2) is 59.2 Å². The van der Waals surface area contributed by atoms with Gasteiger partial charge in [0.05, 0.1) is 11.3 Å². The largest absolute Gasteiger partial charge is 0.460 e. The number of amides is 1. The monoisotopic (exact) mass is 546 g/mol. The number of halogens is 5. The Balaban J connectivity index is 1.14. The SMILES string of the molecule is O=C(N[C@H]1CC[C@H](CCCN2CCc3nc(OCC(F)(F)F)sc3CC2)CC1)c1cccnc1C(F)F. The zero-order chi connectivity index (χ0) is 26.4. The zero-order valence-corrected chi connectivity index (χ0v) is 21.2. The molecule has 37 heavy (non-hydrogen) atoms. The summed E-state index contributed by atoms with van der Waals surface area (Å²) in [5, 5.41) is 3.00. The first-order valence-electron chi connectivity index (χ1n) is 12.6. The van der Waals surface area contributed by atoms with E-state index in [0.29, 0.717) is 12.3 Å². The molecule has 1 fully saturated rings. The number of hydrogen-bond donors (Lipinski definition) is 1. The maximum Gasteiger partial charge on any atom is 0.422 e. The zero-order valence-electron chi connectivity index (χ0n) is 20.4. The number of nitrogens with zero attached hydrogens (tertiary/aromatic N) is 3. The van der Waals surface area contributed by atoms with Gasteiger partial charge in [0.25, 0.3) is 17.5 Å². The first-order valence-corrected chi connectivity index (χ1v) is 13.4. The molecule has 0 atom stereocenters. The third-order valence-electron chi connectivity index (χ3n) is 7.00. The molecular formula is C25H31F5N4O2S. The molecule has 1 aliphatic heterocycles. The summed E-state index contributed by atoms with van der Waals surface area (Å²) in [4.78, 5) is 23.8. The van der Waals surface area contributed by atoms with Gasteiger partial charge in [-0.2, -0.15) is 13.2 Å². The summed E-state index contributed by atoms with van der Waals surface area (Å²) in [6.45, 7) is 1.31. The molecule has 2 aromatic heterocycles. The summed E-state index contributed by atoms with van der Waals surface area (Å²) in [6.07, 6.45) is 1.34. The van der Waals surface area contributed by atoms with Crippen molar-refractivity contribution in [2.45, 2.75) is 70.0 Å². The van der Waals surface area contributed by atoms with Gasteiger partial charge in [-0.05, 0) is 69.5 Å². The van der Waals surface area contributed by atoms with Gasteiger partial charge in [-0.15, -0.1) is 0 Å². The molecular weight excluding hydrogens is 515 g/mol. The van der Waals surface area contributed by atoms with Crippen molar-refractivity contribution in [2.24, 2.45) is 5.92 Å². The van der Waals surface area contributed by atoms with Crippen LogP contribution < -0.4 is 10.1 Å². The van der Waals surface area contributed by atoms with Gasteiger partial charge >= 0.3 is 6.18 Å².